The third kappa shape index (κ3) is 43.7. The van der Waals surface area contributed by atoms with Crippen LogP contribution in [0.2, 0.25) is 0 Å². The second kappa shape index (κ2) is 54.5. The predicted octanol–water partition coefficient (Wildman–Crippen LogP) is 16.0. The van der Waals surface area contributed by atoms with Crippen LogP contribution in [0.3, 0.4) is 0 Å². The van der Waals surface area contributed by atoms with Gasteiger partial charge in [0, 0.05) is 6.42 Å². The van der Waals surface area contributed by atoms with E-state index in [1.54, 1.807) is 6.08 Å². The van der Waals surface area contributed by atoms with Crippen molar-refractivity contribution in [3.8, 4) is 0 Å². The van der Waals surface area contributed by atoms with Crippen LogP contribution in [0.4, 0.5) is 0 Å². The Bertz CT molecular complexity index is 1500. The molecule has 0 aromatic rings. The number of allylic oxidation sites excluding steroid dienone is 15. The van der Waals surface area contributed by atoms with Gasteiger partial charge in [-0.15, -0.1) is 0 Å². The summed E-state index contributed by atoms with van der Waals surface area (Å²) in [6, 6.07) is -0.831. The van der Waals surface area contributed by atoms with Gasteiger partial charge in [-0.3, -0.25) is 4.79 Å². The molecule has 1 fully saturated rings. The molecule has 9 heteroatoms. The number of amides is 1. The fraction of sp³-hybridized carbons (Fsp3) is 0.742. The molecule has 9 nitrogen and oxygen atoms in total. The van der Waals surface area contributed by atoms with Gasteiger partial charge in [0.25, 0.3) is 0 Å². The number of carbonyl (C=O) groups excluding carboxylic acids is 1. The Morgan fingerprint density at radius 3 is 1.28 bits per heavy atom. The first-order chi connectivity index (χ1) is 36.8. The van der Waals surface area contributed by atoms with Gasteiger partial charge in [-0.25, -0.2) is 0 Å². The van der Waals surface area contributed by atoms with E-state index in [0.717, 1.165) is 83.5 Å². The fourth-order valence-electron chi connectivity index (χ4n) is 9.28. The third-order valence-corrected chi connectivity index (χ3v) is 14.1. The van der Waals surface area contributed by atoms with Crippen LogP contribution in [-0.4, -0.2) is 87.5 Å². The lowest BCUT2D eigenvalue weighted by atomic mass is 9.99. The van der Waals surface area contributed by atoms with E-state index in [4.69, 9.17) is 9.47 Å². The van der Waals surface area contributed by atoms with E-state index in [-0.39, 0.29) is 12.5 Å². The maximum atomic E-state index is 13.1. The van der Waals surface area contributed by atoms with Crippen molar-refractivity contribution in [2.24, 2.45) is 0 Å². The molecule has 1 rings (SSSR count). The lowest BCUT2D eigenvalue weighted by Crippen LogP contribution is -2.60. The van der Waals surface area contributed by atoms with E-state index in [9.17, 15) is 30.3 Å². The number of hydrogen-bond acceptors (Lipinski definition) is 8. The van der Waals surface area contributed by atoms with Crippen LogP contribution < -0.4 is 5.32 Å². The van der Waals surface area contributed by atoms with Gasteiger partial charge < -0.3 is 40.3 Å². The monoisotopic (exact) mass is 1050 g/mol. The zero-order valence-corrected chi connectivity index (χ0v) is 48.0. The van der Waals surface area contributed by atoms with Crippen LogP contribution >= 0.6 is 0 Å². The topological polar surface area (TPSA) is 149 Å². The van der Waals surface area contributed by atoms with Crippen molar-refractivity contribution in [2.45, 2.75) is 301 Å². The van der Waals surface area contributed by atoms with Crippen molar-refractivity contribution in [3.63, 3.8) is 0 Å². The fourth-order valence-corrected chi connectivity index (χ4v) is 9.28. The zero-order valence-electron chi connectivity index (χ0n) is 48.0. The van der Waals surface area contributed by atoms with Crippen LogP contribution in [0, 0.1) is 0 Å². The van der Waals surface area contributed by atoms with Gasteiger partial charge in [-0.1, -0.05) is 259 Å². The minimum absolute atomic E-state index is 0.191. The summed E-state index contributed by atoms with van der Waals surface area (Å²) in [5, 5.41) is 54.4. The molecule has 1 heterocycles. The second-order valence-corrected chi connectivity index (χ2v) is 21.1. The van der Waals surface area contributed by atoms with Gasteiger partial charge in [0.2, 0.25) is 5.91 Å². The number of unbranched alkanes of at least 4 members (excludes halogenated alkanes) is 28. The second-order valence-electron chi connectivity index (χ2n) is 21.1. The van der Waals surface area contributed by atoms with Crippen molar-refractivity contribution in [1.29, 1.82) is 0 Å². The Morgan fingerprint density at radius 2 is 0.840 bits per heavy atom. The Balaban J connectivity index is 2.10. The summed E-state index contributed by atoms with van der Waals surface area (Å²) >= 11 is 0. The van der Waals surface area contributed by atoms with E-state index in [1.165, 1.54) is 154 Å². The average molecular weight is 1050 g/mol. The lowest BCUT2D eigenvalue weighted by molar-refractivity contribution is -0.302. The normalized spacial score (nSPS) is 19.6. The summed E-state index contributed by atoms with van der Waals surface area (Å²) in [6.45, 7) is 3.63. The van der Waals surface area contributed by atoms with Crippen molar-refractivity contribution in [1.82, 2.24) is 5.32 Å². The Morgan fingerprint density at radius 1 is 0.467 bits per heavy atom. The molecule has 6 N–H and O–H groups in total. The summed E-state index contributed by atoms with van der Waals surface area (Å²) in [5.74, 6) is -0.191. The van der Waals surface area contributed by atoms with E-state index >= 15 is 0 Å². The molecule has 75 heavy (non-hydrogen) atoms. The molecular formula is C66H115NO8. The summed E-state index contributed by atoms with van der Waals surface area (Å²) < 4.78 is 11.2. The first-order valence-corrected chi connectivity index (χ1v) is 31.0. The number of hydrogen-bond donors (Lipinski definition) is 6. The Labute approximate surface area is 460 Å². The molecule has 1 aliphatic rings. The quantitative estimate of drug-likeness (QED) is 0.0261. The zero-order chi connectivity index (χ0) is 54.3. The molecule has 0 radical (unpaired) electrons. The van der Waals surface area contributed by atoms with Crippen LogP contribution in [0.15, 0.2) is 97.2 Å². The molecule has 0 spiro atoms. The summed E-state index contributed by atoms with van der Waals surface area (Å²) in [7, 11) is 0. The molecule has 0 bridgehead atoms. The molecule has 0 aromatic heterocycles. The molecule has 7 unspecified atom stereocenters. The number of rotatable bonds is 52. The highest BCUT2D eigenvalue weighted by molar-refractivity contribution is 5.76. The minimum Gasteiger partial charge on any atom is -0.394 e. The average Bonchev–Trinajstić information content (AvgIpc) is 3.41. The van der Waals surface area contributed by atoms with Crippen molar-refractivity contribution < 1.29 is 39.8 Å². The molecule has 1 aliphatic heterocycles. The molecular weight excluding hydrogens is 935 g/mol. The number of carbonyl (C=O) groups is 1. The van der Waals surface area contributed by atoms with Gasteiger partial charge in [0.1, 0.15) is 24.4 Å². The van der Waals surface area contributed by atoms with Gasteiger partial charge >= 0.3 is 0 Å². The van der Waals surface area contributed by atoms with E-state index in [2.05, 4.69) is 104 Å². The third-order valence-electron chi connectivity index (χ3n) is 14.1. The maximum Gasteiger partial charge on any atom is 0.220 e. The number of aliphatic hydroxyl groups is 5. The van der Waals surface area contributed by atoms with Crippen molar-refractivity contribution in [3.05, 3.63) is 97.2 Å². The van der Waals surface area contributed by atoms with Gasteiger partial charge in [0.15, 0.2) is 6.29 Å². The smallest absolute Gasteiger partial charge is 0.220 e. The Kier molecular flexibility index (Phi) is 50.9. The lowest BCUT2D eigenvalue weighted by Gasteiger charge is -2.40. The number of ether oxygens (including phenoxy) is 2. The Hall–Kier alpha value is -2.89. The highest BCUT2D eigenvalue weighted by atomic mass is 16.7. The van der Waals surface area contributed by atoms with Crippen molar-refractivity contribution >= 4 is 5.91 Å². The van der Waals surface area contributed by atoms with Gasteiger partial charge in [-0.2, -0.15) is 0 Å². The van der Waals surface area contributed by atoms with Gasteiger partial charge in [-0.05, 0) is 89.9 Å². The summed E-state index contributed by atoms with van der Waals surface area (Å²) in [4.78, 5) is 13.1. The van der Waals surface area contributed by atoms with E-state index in [1.807, 2.05) is 6.08 Å². The van der Waals surface area contributed by atoms with Gasteiger partial charge in [0.05, 0.1) is 25.4 Å². The summed E-state index contributed by atoms with van der Waals surface area (Å²) in [5.41, 5.74) is 0. The van der Waals surface area contributed by atoms with E-state index in [0.29, 0.717) is 6.42 Å². The molecule has 0 aliphatic carbocycles. The van der Waals surface area contributed by atoms with Crippen LogP contribution in [0.5, 0.6) is 0 Å². The molecule has 7 atom stereocenters. The van der Waals surface area contributed by atoms with Crippen molar-refractivity contribution in [2.75, 3.05) is 13.2 Å². The maximum absolute atomic E-state index is 13.1. The summed E-state index contributed by atoms with van der Waals surface area (Å²) in [6.07, 6.45) is 72.1. The van der Waals surface area contributed by atoms with Crippen LogP contribution in [-0.2, 0) is 14.3 Å². The predicted molar refractivity (Wildman–Crippen MR) is 318 cm³/mol. The molecule has 0 aromatic carbocycles. The molecule has 1 amide bonds. The molecule has 0 saturated carbocycles. The minimum atomic E-state index is -1.58. The molecule has 1 saturated heterocycles. The van der Waals surface area contributed by atoms with Crippen LogP contribution in [0.25, 0.3) is 0 Å². The molecule has 432 valence electrons. The highest BCUT2D eigenvalue weighted by Crippen LogP contribution is 2.23. The highest BCUT2D eigenvalue weighted by Gasteiger charge is 2.44. The number of nitrogens with one attached hydrogen (secondary N) is 1. The standard InChI is InChI=1S/C66H115NO8/c1-3-5-7-9-11-13-15-17-19-20-21-22-23-24-25-26-27-28-29-30-31-32-33-34-35-36-37-38-39-40-42-44-46-48-50-52-54-56-62(70)67-59(58-74-66-65(73)64(72)63(71)61(57-68)75-66)60(69)55-53-51-49-47-45-43-41-18-16-14-12-10-8-6-4-2/h5,7,11,13,16-19,21-22,24-25,45,47,53,55,59-61,63-66,68-69,71-73H,3-4,6,8-10,12,14-15,20,23,26-44,46,48-52,54,56-58H2,1-2H3,(H,67,70)/b7-5-,13-11-,18-16+,19-17-,22-21-,25-24-,47-45+,55-53+. The van der Waals surface area contributed by atoms with E-state index < -0.39 is 49.5 Å². The number of aliphatic hydroxyl groups excluding tert-OH is 5. The SMILES string of the molecule is CC/C=C\C/C=C\C/C=C\C/C=C\C/C=C\CCCCCCCCCCCCCCCCCCCCCCCC(=O)NC(COC1OC(CO)C(O)C(O)C1O)C(O)/C=C/CC/C=C/CC/C=C/CCCCCCC. The van der Waals surface area contributed by atoms with Crippen LogP contribution in [0.1, 0.15) is 258 Å². The first kappa shape index (κ1) is 70.1. The first-order valence-electron chi connectivity index (χ1n) is 31.0. The largest absolute Gasteiger partial charge is 0.394 e.